The summed E-state index contributed by atoms with van der Waals surface area (Å²) in [6.07, 6.45) is 0. The molecular formula is C13H13N3O3S. The van der Waals surface area contributed by atoms with Gasteiger partial charge in [0.25, 0.3) is 0 Å². The summed E-state index contributed by atoms with van der Waals surface area (Å²) in [6.45, 7) is 0. The molecule has 6 nitrogen and oxygen atoms in total. The van der Waals surface area contributed by atoms with Crippen LogP contribution < -0.4 is 20.1 Å². The fourth-order valence-corrected chi connectivity index (χ4v) is 2.28. The molecule has 20 heavy (non-hydrogen) atoms. The van der Waals surface area contributed by atoms with Gasteiger partial charge in [0.1, 0.15) is 5.92 Å². The summed E-state index contributed by atoms with van der Waals surface area (Å²) < 4.78 is 10.4. The molecule has 1 aromatic rings. The first-order chi connectivity index (χ1) is 9.60. The SMILES string of the molecule is COc1ccc([C@@H]2NC(=S)NC(=O)[C@H]2C#N)cc1OC. The van der Waals surface area contributed by atoms with Gasteiger partial charge in [0.15, 0.2) is 16.6 Å². The largest absolute Gasteiger partial charge is 0.493 e. The highest BCUT2D eigenvalue weighted by atomic mass is 32.1. The molecule has 1 aliphatic heterocycles. The van der Waals surface area contributed by atoms with Gasteiger partial charge in [-0.3, -0.25) is 4.79 Å². The Kier molecular flexibility index (Phi) is 4.05. The van der Waals surface area contributed by atoms with E-state index in [0.717, 1.165) is 5.56 Å². The Morgan fingerprint density at radius 2 is 2.00 bits per heavy atom. The molecule has 0 unspecified atom stereocenters. The minimum absolute atomic E-state index is 0.210. The Bertz CT molecular complexity index is 597. The van der Waals surface area contributed by atoms with Crippen LogP contribution in [0, 0.1) is 17.2 Å². The van der Waals surface area contributed by atoms with Crippen LogP contribution in [0.15, 0.2) is 18.2 Å². The molecule has 1 aromatic carbocycles. The summed E-state index contributed by atoms with van der Waals surface area (Å²) in [5.41, 5.74) is 0.728. The van der Waals surface area contributed by atoms with Crippen molar-refractivity contribution in [3.05, 3.63) is 23.8 Å². The highest BCUT2D eigenvalue weighted by molar-refractivity contribution is 7.80. The third-order valence-electron chi connectivity index (χ3n) is 3.04. The molecule has 1 heterocycles. The molecule has 0 aromatic heterocycles. The zero-order valence-corrected chi connectivity index (χ0v) is 11.8. The van der Waals surface area contributed by atoms with Crippen LogP contribution in [0.2, 0.25) is 0 Å². The quantitative estimate of drug-likeness (QED) is 0.805. The maximum Gasteiger partial charge on any atom is 0.245 e. The average Bonchev–Trinajstić information content (AvgIpc) is 2.45. The topological polar surface area (TPSA) is 83.4 Å². The van der Waals surface area contributed by atoms with Crippen LogP contribution in [-0.2, 0) is 4.79 Å². The van der Waals surface area contributed by atoms with E-state index in [1.807, 2.05) is 6.07 Å². The molecule has 0 saturated carbocycles. The first kappa shape index (κ1) is 14.1. The van der Waals surface area contributed by atoms with Crippen LogP contribution in [0.5, 0.6) is 11.5 Å². The fourth-order valence-electron chi connectivity index (χ4n) is 2.06. The van der Waals surface area contributed by atoms with Crippen LogP contribution in [-0.4, -0.2) is 25.2 Å². The Balaban J connectivity index is 2.40. The number of thiocarbonyl (C=S) groups is 1. The van der Waals surface area contributed by atoms with Crippen molar-refractivity contribution in [3.63, 3.8) is 0 Å². The van der Waals surface area contributed by atoms with Gasteiger partial charge in [0.2, 0.25) is 5.91 Å². The van der Waals surface area contributed by atoms with E-state index in [0.29, 0.717) is 11.5 Å². The number of nitrogens with one attached hydrogen (secondary N) is 2. The monoisotopic (exact) mass is 291 g/mol. The van der Waals surface area contributed by atoms with Crippen molar-refractivity contribution < 1.29 is 14.3 Å². The average molecular weight is 291 g/mol. The predicted octanol–water partition coefficient (Wildman–Crippen LogP) is 0.889. The highest BCUT2D eigenvalue weighted by Crippen LogP contribution is 2.33. The summed E-state index contributed by atoms with van der Waals surface area (Å²) in [4.78, 5) is 11.8. The van der Waals surface area contributed by atoms with E-state index >= 15 is 0 Å². The highest BCUT2D eigenvalue weighted by Gasteiger charge is 2.35. The van der Waals surface area contributed by atoms with Gasteiger partial charge in [0, 0.05) is 0 Å². The smallest absolute Gasteiger partial charge is 0.245 e. The molecule has 1 aliphatic rings. The van der Waals surface area contributed by atoms with Gasteiger partial charge >= 0.3 is 0 Å². The molecule has 2 N–H and O–H groups in total. The summed E-state index contributed by atoms with van der Waals surface area (Å²) >= 11 is 4.96. The molecule has 2 atom stereocenters. The number of hydrogen-bond donors (Lipinski definition) is 2. The number of methoxy groups -OCH3 is 2. The first-order valence-corrected chi connectivity index (χ1v) is 6.24. The molecule has 1 fully saturated rings. The second-order valence-electron chi connectivity index (χ2n) is 4.16. The minimum Gasteiger partial charge on any atom is -0.493 e. The van der Waals surface area contributed by atoms with Crippen molar-refractivity contribution in [1.29, 1.82) is 5.26 Å². The molecule has 0 bridgehead atoms. The molecule has 0 aliphatic carbocycles. The second kappa shape index (κ2) is 5.75. The number of nitrogens with zero attached hydrogens (tertiary/aromatic N) is 1. The number of carbonyl (C=O) groups excluding carboxylic acids is 1. The second-order valence-corrected chi connectivity index (χ2v) is 4.57. The van der Waals surface area contributed by atoms with Gasteiger partial charge < -0.3 is 20.1 Å². The predicted molar refractivity (Wildman–Crippen MR) is 75.3 cm³/mol. The number of ether oxygens (including phenoxy) is 2. The Morgan fingerprint density at radius 1 is 1.30 bits per heavy atom. The zero-order chi connectivity index (χ0) is 14.7. The van der Waals surface area contributed by atoms with E-state index in [4.69, 9.17) is 27.0 Å². The molecule has 1 saturated heterocycles. The van der Waals surface area contributed by atoms with Crippen LogP contribution in [0.25, 0.3) is 0 Å². The first-order valence-electron chi connectivity index (χ1n) is 5.83. The third-order valence-corrected chi connectivity index (χ3v) is 3.26. The van der Waals surface area contributed by atoms with Crippen molar-refractivity contribution in [3.8, 4) is 17.6 Å². The van der Waals surface area contributed by atoms with E-state index in [1.165, 1.54) is 14.2 Å². The van der Waals surface area contributed by atoms with Crippen molar-refractivity contribution in [2.75, 3.05) is 14.2 Å². The lowest BCUT2D eigenvalue weighted by Gasteiger charge is -2.29. The minimum atomic E-state index is -0.861. The third kappa shape index (κ3) is 2.51. The lowest BCUT2D eigenvalue weighted by molar-refractivity contribution is -0.123. The maximum atomic E-state index is 11.8. The van der Waals surface area contributed by atoms with Gasteiger partial charge in [-0.25, -0.2) is 0 Å². The summed E-state index contributed by atoms with van der Waals surface area (Å²) in [5.74, 6) is -0.163. The fraction of sp³-hybridized carbons (Fsp3) is 0.308. The van der Waals surface area contributed by atoms with E-state index in [-0.39, 0.29) is 5.11 Å². The molecule has 0 spiro atoms. The van der Waals surface area contributed by atoms with E-state index < -0.39 is 17.9 Å². The van der Waals surface area contributed by atoms with Gasteiger partial charge in [-0.05, 0) is 29.9 Å². The molecular weight excluding hydrogens is 278 g/mol. The molecule has 1 amide bonds. The molecule has 7 heteroatoms. The van der Waals surface area contributed by atoms with Gasteiger partial charge in [0.05, 0.1) is 26.3 Å². The standard InChI is InChI=1S/C13H13N3O3S/c1-18-9-4-3-7(5-10(9)19-2)11-8(6-14)12(17)16-13(20)15-11/h3-5,8,11H,1-2H3,(H2,15,16,17,20)/t8-,11-/m0/s1. The normalized spacial score (nSPS) is 21.4. The maximum absolute atomic E-state index is 11.8. The lowest BCUT2D eigenvalue weighted by atomic mass is 9.92. The van der Waals surface area contributed by atoms with Gasteiger partial charge in [-0.2, -0.15) is 5.26 Å². The van der Waals surface area contributed by atoms with E-state index in [9.17, 15) is 4.79 Å². The van der Waals surface area contributed by atoms with E-state index in [2.05, 4.69) is 10.6 Å². The summed E-state index contributed by atoms with van der Waals surface area (Å²) in [6, 6.07) is 6.68. The number of carbonyl (C=O) groups is 1. The Hall–Kier alpha value is -2.33. The molecule has 0 radical (unpaired) electrons. The van der Waals surface area contributed by atoms with Crippen molar-refractivity contribution >= 4 is 23.2 Å². The summed E-state index contributed by atoms with van der Waals surface area (Å²) in [5, 5.41) is 14.7. The number of hydrogen-bond acceptors (Lipinski definition) is 5. The van der Waals surface area contributed by atoms with Gasteiger partial charge in [-0.15, -0.1) is 0 Å². The number of nitriles is 1. The van der Waals surface area contributed by atoms with Crippen LogP contribution in [0.4, 0.5) is 0 Å². The van der Waals surface area contributed by atoms with Crippen LogP contribution in [0.1, 0.15) is 11.6 Å². The number of amides is 1. The van der Waals surface area contributed by atoms with Crippen molar-refractivity contribution in [1.82, 2.24) is 10.6 Å². The van der Waals surface area contributed by atoms with E-state index in [1.54, 1.807) is 18.2 Å². The van der Waals surface area contributed by atoms with Gasteiger partial charge in [-0.1, -0.05) is 6.07 Å². The Labute approximate surface area is 121 Å². The Morgan fingerprint density at radius 3 is 2.60 bits per heavy atom. The zero-order valence-electron chi connectivity index (χ0n) is 11.0. The number of benzene rings is 1. The number of rotatable bonds is 3. The van der Waals surface area contributed by atoms with Crippen LogP contribution in [0.3, 0.4) is 0 Å². The molecule has 2 rings (SSSR count). The summed E-state index contributed by atoms with van der Waals surface area (Å²) in [7, 11) is 3.06. The van der Waals surface area contributed by atoms with Crippen molar-refractivity contribution in [2.45, 2.75) is 6.04 Å². The van der Waals surface area contributed by atoms with Crippen molar-refractivity contribution in [2.24, 2.45) is 5.92 Å². The molecule has 104 valence electrons. The van der Waals surface area contributed by atoms with Crippen LogP contribution >= 0.6 is 12.2 Å². The lowest BCUT2D eigenvalue weighted by Crippen LogP contribution is -2.53.